The summed E-state index contributed by atoms with van der Waals surface area (Å²) in [5, 5.41) is 0. The first-order valence-corrected chi connectivity index (χ1v) is 4.39. The van der Waals surface area contributed by atoms with E-state index in [1.165, 1.54) is 19.3 Å². The number of hydrogen-bond donors (Lipinski definition) is 0. The first kappa shape index (κ1) is 9.96. The van der Waals surface area contributed by atoms with Gasteiger partial charge in [0, 0.05) is 13.2 Å². The molecule has 1 heteroatoms. The maximum absolute atomic E-state index is 4.83. The Bertz CT molecular complexity index is 55.7. The van der Waals surface area contributed by atoms with Gasteiger partial charge in [-0.3, -0.25) is 0 Å². The molecule has 0 spiro atoms. The minimum absolute atomic E-state index is 0.844. The summed E-state index contributed by atoms with van der Waals surface area (Å²) >= 11 is 0. The largest absolute Gasteiger partial charge is 0.382 e. The number of rotatable bonds is 2. The molecule has 1 rings (SSSR count). The predicted octanol–water partition coefficient (Wildman–Crippen LogP) is 2.85. The van der Waals surface area contributed by atoms with Crippen LogP contribution in [0.4, 0.5) is 0 Å². The summed E-state index contributed by atoms with van der Waals surface area (Å²) in [6, 6.07) is 0. The van der Waals surface area contributed by atoms with Crippen LogP contribution in [0.2, 0.25) is 0 Å². The van der Waals surface area contributed by atoms with E-state index >= 15 is 0 Å². The molecule has 0 saturated heterocycles. The molecule has 0 bridgehead atoms. The van der Waals surface area contributed by atoms with Crippen LogP contribution in [0.15, 0.2) is 0 Å². The predicted molar refractivity (Wildman–Crippen MR) is 45.2 cm³/mol. The molecule has 1 saturated carbocycles. The van der Waals surface area contributed by atoms with E-state index in [-0.39, 0.29) is 0 Å². The lowest BCUT2D eigenvalue weighted by molar-refractivity contribution is 0.162. The lowest BCUT2D eigenvalue weighted by Crippen LogP contribution is -2.04. The van der Waals surface area contributed by atoms with Crippen molar-refractivity contribution in [1.29, 1.82) is 0 Å². The molecule has 10 heavy (non-hydrogen) atoms. The molecule has 0 unspecified atom stereocenters. The van der Waals surface area contributed by atoms with Crippen LogP contribution in [0.3, 0.4) is 0 Å². The maximum Gasteiger partial charge on any atom is 0.0437 e. The Kier molecular flexibility index (Phi) is 7.04. The van der Waals surface area contributed by atoms with Crippen molar-refractivity contribution in [2.75, 3.05) is 13.2 Å². The third-order valence-corrected chi connectivity index (χ3v) is 1.80. The van der Waals surface area contributed by atoms with Crippen LogP contribution in [0.25, 0.3) is 0 Å². The normalized spacial score (nSPS) is 17.1. The Balaban J connectivity index is 0.000000162. The lowest BCUT2D eigenvalue weighted by Gasteiger charge is -2.18. The van der Waals surface area contributed by atoms with Gasteiger partial charge in [-0.25, -0.2) is 0 Å². The summed E-state index contributed by atoms with van der Waals surface area (Å²) < 4.78 is 4.83. The molecule has 0 aromatic heterocycles. The van der Waals surface area contributed by atoms with Gasteiger partial charge in [-0.15, -0.1) is 0 Å². The third kappa shape index (κ3) is 6.09. The van der Waals surface area contributed by atoms with Crippen molar-refractivity contribution in [3.8, 4) is 0 Å². The summed E-state index contributed by atoms with van der Waals surface area (Å²) in [4.78, 5) is 0. The Labute approximate surface area is 64.8 Å². The van der Waals surface area contributed by atoms with Gasteiger partial charge < -0.3 is 4.74 Å². The van der Waals surface area contributed by atoms with E-state index in [0.717, 1.165) is 19.1 Å². The molecule has 0 heterocycles. The second-order valence-electron chi connectivity index (χ2n) is 2.82. The topological polar surface area (TPSA) is 9.23 Å². The zero-order valence-corrected chi connectivity index (χ0v) is 7.52. The zero-order valence-electron chi connectivity index (χ0n) is 7.52. The van der Waals surface area contributed by atoms with E-state index in [4.69, 9.17) is 4.74 Å². The highest BCUT2D eigenvalue weighted by Crippen LogP contribution is 2.24. The first-order valence-electron chi connectivity index (χ1n) is 4.39. The molecule has 1 aliphatic carbocycles. The van der Waals surface area contributed by atoms with Crippen molar-refractivity contribution in [3.05, 3.63) is 0 Å². The van der Waals surface area contributed by atoms with Crippen molar-refractivity contribution >= 4 is 0 Å². The lowest BCUT2D eigenvalue weighted by atomic mass is 9.88. The van der Waals surface area contributed by atoms with Gasteiger partial charge in [-0.05, 0) is 19.8 Å². The van der Waals surface area contributed by atoms with E-state index in [0.29, 0.717) is 0 Å². The molecule has 0 amide bonds. The van der Waals surface area contributed by atoms with Crippen LogP contribution >= 0.6 is 0 Å². The molecule has 1 aliphatic rings. The molecule has 0 atom stereocenters. The van der Waals surface area contributed by atoms with E-state index in [1.807, 2.05) is 13.8 Å². The standard InChI is InChI=1S/C5H10.C4H10O/c1-5-3-2-4-5;1-3-5-4-2/h5H,2-4H2,1H3;3-4H2,1-2H3. The molecule has 0 aromatic rings. The molecule has 0 aliphatic heterocycles. The summed E-state index contributed by atoms with van der Waals surface area (Å²) in [7, 11) is 0. The van der Waals surface area contributed by atoms with Gasteiger partial charge in [0.2, 0.25) is 0 Å². The molecule has 0 N–H and O–H groups in total. The average molecular weight is 144 g/mol. The second kappa shape index (κ2) is 7.07. The molecule has 0 aromatic carbocycles. The Morgan fingerprint density at radius 3 is 1.60 bits per heavy atom. The van der Waals surface area contributed by atoms with Gasteiger partial charge in [0.25, 0.3) is 0 Å². The number of ether oxygens (including phenoxy) is 1. The average Bonchev–Trinajstić information content (AvgIpc) is 1.87. The van der Waals surface area contributed by atoms with Crippen molar-refractivity contribution in [1.82, 2.24) is 0 Å². The number of hydrogen-bond acceptors (Lipinski definition) is 1. The van der Waals surface area contributed by atoms with Gasteiger partial charge >= 0.3 is 0 Å². The highest BCUT2D eigenvalue weighted by molar-refractivity contribution is 4.62. The minimum atomic E-state index is 0.844. The zero-order chi connectivity index (χ0) is 7.82. The summed E-state index contributed by atoms with van der Waals surface area (Å²) in [6.07, 6.45) is 4.46. The van der Waals surface area contributed by atoms with Crippen molar-refractivity contribution in [2.24, 2.45) is 5.92 Å². The van der Waals surface area contributed by atoms with E-state index in [9.17, 15) is 0 Å². The van der Waals surface area contributed by atoms with E-state index in [1.54, 1.807) is 0 Å². The molecule has 1 fully saturated rings. The van der Waals surface area contributed by atoms with Crippen LogP contribution in [0, 0.1) is 5.92 Å². The fourth-order valence-corrected chi connectivity index (χ4v) is 0.816. The van der Waals surface area contributed by atoms with Crippen LogP contribution in [0.5, 0.6) is 0 Å². The van der Waals surface area contributed by atoms with Crippen LogP contribution < -0.4 is 0 Å². The van der Waals surface area contributed by atoms with E-state index < -0.39 is 0 Å². The van der Waals surface area contributed by atoms with Crippen molar-refractivity contribution in [2.45, 2.75) is 40.0 Å². The third-order valence-electron chi connectivity index (χ3n) is 1.80. The van der Waals surface area contributed by atoms with Crippen LogP contribution in [-0.4, -0.2) is 13.2 Å². The molecule has 62 valence electrons. The molecular weight excluding hydrogens is 124 g/mol. The van der Waals surface area contributed by atoms with Gasteiger partial charge in [0.05, 0.1) is 0 Å². The van der Waals surface area contributed by atoms with Gasteiger partial charge in [-0.2, -0.15) is 0 Å². The Morgan fingerprint density at radius 1 is 1.20 bits per heavy atom. The summed E-state index contributed by atoms with van der Waals surface area (Å²) in [6.45, 7) is 7.98. The minimum Gasteiger partial charge on any atom is -0.382 e. The highest BCUT2D eigenvalue weighted by Gasteiger charge is 2.09. The monoisotopic (exact) mass is 144 g/mol. The highest BCUT2D eigenvalue weighted by atomic mass is 16.5. The summed E-state index contributed by atoms with van der Waals surface area (Å²) in [5.74, 6) is 1.06. The van der Waals surface area contributed by atoms with Crippen molar-refractivity contribution < 1.29 is 4.74 Å². The fourth-order valence-electron chi connectivity index (χ4n) is 0.816. The first-order chi connectivity index (χ1) is 4.81. The van der Waals surface area contributed by atoms with Crippen LogP contribution in [0.1, 0.15) is 40.0 Å². The van der Waals surface area contributed by atoms with Gasteiger partial charge in [0.15, 0.2) is 0 Å². The quantitative estimate of drug-likeness (QED) is 0.579. The molecular formula is C9H20O. The Morgan fingerprint density at radius 2 is 1.60 bits per heavy atom. The van der Waals surface area contributed by atoms with Crippen LogP contribution in [-0.2, 0) is 4.74 Å². The smallest absolute Gasteiger partial charge is 0.0437 e. The van der Waals surface area contributed by atoms with Gasteiger partial charge in [-0.1, -0.05) is 26.2 Å². The van der Waals surface area contributed by atoms with Gasteiger partial charge in [0.1, 0.15) is 0 Å². The maximum atomic E-state index is 4.83. The fraction of sp³-hybridized carbons (Fsp3) is 1.00. The SMILES string of the molecule is CC1CCC1.CCOCC. The van der Waals surface area contributed by atoms with E-state index in [2.05, 4.69) is 6.92 Å². The second-order valence-corrected chi connectivity index (χ2v) is 2.82. The van der Waals surface area contributed by atoms with Crippen molar-refractivity contribution in [3.63, 3.8) is 0 Å². The summed E-state index contributed by atoms with van der Waals surface area (Å²) in [5.41, 5.74) is 0. The molecule has 0 radical (unpaired) electrons. The Hall–Kier alpha value is -0.0400. The molecule has 1 nitrogen and oxygen atoms in total.